The summed E-state index contributed by atoms with van der Waals surface area (Å²) in [5, 5.41) is 11.5. The van der Waals surface area contributed by atoms with Gasteiger partial charge in [-0.3, -0.25) is 9.59 Å². The highest BCUT2D eigenvalue weighted by Gasteiger charge is 2.34. The molecule has 1 aliphatic heterocycles. The van der Waals surface area contributed by atoms with Gasteiger partial charge in [-0.15, -0.1) is 6.58 Å². The monoisotopic (exact) mass is 578 g/mol. The molecule has 6 heteroatoms. The van der Waals surface area contributed by atoms with E-state index in [0.29, 0.717) is 17.4 Å². The van der Waals surface area contributed by atoms with Crippen molar-refractivity contribution in [1.29, 1.82) is 5.26 Å². The minimum Gasteiger partial charge on any atom is -0.351 e. The van der Waals surface area contributed by atoms with Gasteiger partial charge in [0.05, 0.1) is 0 Å². The van der Waals surface area contributed by atoms with Crippen molar-refractivity contribution in [3.05, 3.63) is 73.0 Å². The number of nitriles is 1. The van der Waals surface area contributed by atoms with Crippen LogP contribution in [0.1, 0.15) is 94.9 Å². The normalized spacial score (nSPS) is 18.0. The van der Waals surface area contributed by atoms with Gasteiger partial charge < -0.3 is 15.1 Å². The molecule has 1 rings (SSSR count). The molecule has 2 amide bonds. The third-order valence-electron chi connectivity index (χ3n) is 8.13. The molecule has 1 saturated heterocycles. The Morgan fingerprint density at radius 1 is 1.12 bits per heavy atom. The average Bonchev–Trinajstić information content (AvgIpc) is 2.93. The van der Waals surface area contributed by atoms with Crippen molar-refractivity contribution in [1.82, 2.24) is 15.1 Å². The Bertz CT molecular complexity index is 1060. The summed E-state index contributed by atoms with van der Waals surface area (Å²) in [6.07, 6.45) is 17.1. The predicted octanol–water partition coefficient (Wildman–Crippen LogP) is 8.09. The number of nitrogens with one attached hydrogen (secondary N) is 1. The Morgan fingerprint density at radius 2 is 1.71 bits per heavy atom. The molecular weight excluding hydrogens is 520 g/mol. The molecule has 0 bridgehead atoms. The van der Waals surface area contributed by atoms with Crippen LogP contribution in [0, 0.1) is 27.7 Å². The zero-order valence-electron chi connectivity index (χ0n) is 28.2. The molecule has 0 aromatic rings. The molecule has 0 aliphatic carbocycles. The number of likely N-dealkylation sites (tertiary alicyclic amines) is 1. The summed E-state index contributed by atoms with van der Waals surface area (Å²) < 4.78 is 0. The molecule has 1 aliphatic rings. The smallest absolute Gasteiger partial charge is 0.248 e. The first-order valence-corrected chi connectivity index (χ1v) is 15.2. The number of carbonyl (C=O) groups excluding carboxylic acids is 2. The van der Waals surface area contributed by atoms with E-state index < -0.39 is 6.04 Å². The molecule has 6 nitrogen and oxygen atoms in total. The van der Waals surface area contributed by atoms with E-state index in [1.54, 1.807) is 23.3 Å². The van der Waals surface area contributed by atoms with Crippen molar-refractivity contribution in [2.45, 2.75) is 107 Å². The second kappa shape index (κ2) is 17.6. The van der Waals surface area contributed by atoms with Gasteiger partial charge in [0.2, 0.25) is 12.3 Å². The number of carbonyl (C=O) groups is 2. The first-order valence-electron chi connectivity index (χ1n) is 15.2. The van der Waals surface area contributed by atoms with E-state index in [9.17, 15) is 9.59 Å². The first kappa shape index (κ1) is 38.7. The third-order valence-corrected chi connectivity index (χ3v) is 8.13. The van der Waals surface area contributed by atoms with Crippen molar-refractivity contribution in [2.24, 2.45) is 16.2 Å². The molecule has 1 heterocycles. The number of hydrogen-bond donors (Lipinski definition) is 1. The minimum atomic E-state index is -0.835. The summed E-state index contributed by atoms with van der Waals surface area (Å²) in [7, 11) is 0. The maximum Gasteiger partial charge on any atom is 0.248 e. The fraction of sp³-hybridized carbons (Fsp3) is 0.583. The number of hydrogen-bond acceptors (Lipinski definition) is 4. The molecule has 0 saturated carbocycles. The van der Waals surface area contributed by atoms with E-state index in [-0.39, 0.29) is 22.8 Å². The highest BCUT2D eigenvalue weighted by Crippen LogP contribution is 2.36. The third kappa shape index (κ3) is 11.5. The van der Waals surface area contributed by atoms with Gasteiger partial charge in [-0.2, -0.15) is 5.26 Å². The van der Waals surface area contributed by atoms with Gasteiger partial charge in [-0.05, 0) is 48.8 Å². The summed E-state index contributed by atoms with van der Waals surface area (Å²) >= 11 is 0. The van der Waals surface area contributed by atoms with Gasteiger partial charge in [0.25, 0.3) is 0 Å². The summed E-state index contributed by atoms with van der Waals surface area (Å²) in [6, 6.07) is -0.785. The van der Waals surface area contributed by atoms with E-state index in [2.05, 4.69) is 93.6 Å². The van der Waals surface area contributed by atoms with Crippen LogP contribution in [-0.2, 0) is 9.59 Å². The van der Waals surface area contributed by atoms with E-state index in [4.69, 9.17) is 5.26 Å². The predicted molar refractivity (Wildman–Crippen MR) is 178 cm³/mol. The van der Waals surface area contributed by atoms with Gasteiger partial charge >= 0.3 is 0 Å². The lowest BCUT2D eigenvalue weighted by Gasteiger charge is -2.41. The number of amides is 2. The highest BCUT2D eigenvalue weighted by atomic mass is 16.2. The van der Waals surface area contributed by atoms with E-state index in [1.807, 2.05) is 25.2 Å². The maximum atomic E-state index is 13.6. The van der Waals surface area contributed by atoms with Crippen LogP contribution in [-0.4, -0.2) is 47.3 Å². The summed E-state index contributed by atoms with van der Waals surface area (Å²) in [6.45, 7) is 34.8. The molecule has 1 fully saturated rings. The van der Waals surface area contributed by atoms with Crippen LogP contribution in [0.25, 0.3) is 0 Å². The summed E-state index contributed by atoms with van der Waals surface area (Å²) in [5.41, 5.74) is 2.71. The lowest BCUT2D eigenvalue weighted by Crippen LogP contribution is -2.49. The van der Waals surface area contributed by atoms with Crippen LogP contribution in [0.15, 0.2) is 73.0 Å². The second-order valence-electron chi connectivity index (χ2n) is 13.2. The average molecular weight is 579 g/mol. The molecule has 1 N–H and O–H groups in total. The lowest BCUT2D eigenvalue weighted by molar-refractivity contribution is -0.130. The number of allylic oxidation sites excluding steroid dienone is 6. The molecule has 234 valence electrons. The van der Waals surface area contributed by atoms with Crippen LogP contribution >= 0.6 is 0 Å². The van der Waals surface area contributed by atoms with Crippen molar-refractivity contribution in [3.8, 4) is 6.19 Å². The molecular formula is C36H58N4O2. The Labute approximate surface area is 257 Å². The molecule has 0 spiro atoms. The number of rotatable bonds is 15. The Morgan fingerprint density at radius 3 is 2.05 bits per heavy atom. The van der Waals surface area contributed by atoms with Crippen LogP contribution in [0.3, 0.4) is 0 Å². The molecule has 42 heavy (non-hydrogen) atoms. The van der Waals surface area contributed by atoms with Crippen LogP contribution in [0.2, 0.25) is 0 Å². The van der Waals surface area contributed by atoms with Crippen molar-refractivity contribution in [3.63, 3.8) is 0 Å². The standard InChI is InChI=1S/C30H48N2O2.C6H10N2/c1-12-19-25(14-3)31-28(34)27(26(15-4)23(7)30(11,16-5)17-6)32(22-33)21-18-20-24(13-2)29(8,9)10;1-6(2)3-8(4-6)5-7/h13,15-16,18,20-22,25,27H,2,4-5,12,14,17,19H2,1,3,6-11H3,(H,31,34);3-4H2,1-2H3/b21-18+,24-20+,26-23+;. The van der Waals surface area contributed by atoms with E-state index >= 15 is 0 Å². The quantitative estimate of drug-likeness (QED) is 0.0922. The van der Waals surface area contributed by atoms with Crippen molar-refractivity contribution < 1.29 is 9.59 Å². The fourth-order valence-electron chi connectivity index (χ4n) is 4.92. The molecule has 0 aromatic carbocycles. The fourth-order valence-corrected chi connectivity index (χ4v) is 4.92. The maximum absolute atomic E-state index is 13.6. The summed E-state index contributed by atoms with van der Waals surface area (Å²) in [4.78, 5) is 29.1. The Hall–Kier alpha value is -3.33. The summed E-state index contributed by atoms with van der Waals surface area (Å²) in [5.74, 6) is -0.211. The Balaban J connectivity index is 0.00000179. The lowest BCUT2D eigenvalue weighted by atomic mass is 9.76. The molecule has 3 atom stereocenters. The largest absolute Gasteiger partial charge is 0.351 e. The number of nitrogens with zero attached hydrogens (tertiary/aromatic N) is 3. The molecule has 0 aromatic heterocycles. The van der Waals surface area contributed by atoms with E-state index in [1.165, 1.54) is 4.90 Å². The highest BCUT2D eigenvalue weighted by molar-refractivity contribution is 5.88. The van der Waals surface area contributed by atoms with Gasteiger partial charge in [0.15, 0.2) is 6.19 Å². The van der Waals surface area contributed by atoms with Gasteiger partial charge in [0, 0.05) is 36.2 Å². The van der Waals surface area contributed by atoms with Gasteiger partial charge in [-0.1, -0.05) is 112 Å². The topological polar surface area (TPSA) is 76.4 Å². The van der Waals surface area contributed by atoms with Crippen LogP contribution in [0.5, 0.6) is 0 Å². The van der Waals surface area contributed by atoms with Crippen LogP contribution < -0.4 is 5.32 Å². The van der Waals surface area contributed by atoms with Crippen LogP contribution in [0.4, 0.5) is 0 Å². The van der Waals surface area contributed by atoms with Crippen molar-refractivity contribution >= 4 is 12.3 Å². The molecule has 0 radical (unpaired) electrons. The Kier molecular flexibility index (Phi) is 16.2. The zero-order valence-corrected chi connectivity index (χ0v) is 28.2. The van der Waals surface area contributed by atoms with Crippen molar-refractivity contribution in [2.75, 3.05) is 13.1 Å². The minimum absolute atomic E-state index is 0.0500. The van der Waals surface area contributed by atoms with Gasteiger partial charge in [0.1, 0.15) is 6.04 Å². The molecule has 3 unspecified atom stereocenters. The first-order chi connectivity index (χ1) is 19.5. The SMILES string of the molecule is C=C/C(=C\C=C\N(C=O)C(C(=O)NC(CC)CCC)/C(C=C)=C(\C)C(C)(C=C)CC)C(C)(C)C.CC1(C)CN(C#N)C1. The van der Waals surface area contributed by atoms with E-state index in [0.717, 1.165) is 49.9 Å². The second-order valence-corrected chi connectivity index (χ2v) is 13.2. The van der Waals surface area contributed by atoms with Gasteiger partial charge in [-0.25, -0.2) is 0 Å². The zero-order chi connectivity index (χ0) is 32.7.